The van der Waals surface area contributed by atoms with Gasteiger partial charge in [-0.1, -0.05) is 20.3 Å². The molecular formula is C41H79FN4O8. The fourth-order valence-electron chi connectivity index (χ4n) is 7.96. The third-order valence-electron chi connectivity index (χ3n) is 10.7. The minimum atomic E-state index is -1.34. The van der Waals surface area contributed by atoms with Gasteiger partial charge in [0.1, 0.15) is 29.8 Å². The largest absolute Gasteiger partial charge is 0.480 e. The first-order valence-electron chi connectivity index (χ1n) is 19.6. The smallest absolute Gasteiger partial charge is 0.321 e. The molecule has 0 amide bonds. The summed E-state index contributed by atoms with van der Waals surface area (Å²) in [6, 6.07) is -1.50. The lowest BCUT2D eigenvalue weighted by Gasteiger charge is -2.46. The summed E-state index contributed by atoms with van der Waals surface area (Å²) in [5, 5.41) is 36.1. The van der Waals surface area contributed by atoms with Crippen molar-refractivity contribution in [1.82, 2.24) is 19.6 Å². The molecule has 54 heavy (non-hydrogen) atoms. The number of halogens is 1. The topological polar surface area (TPSA) is 162 Å². The fourth-order valence-corrected chi connectivity index (χ4v) is 7.96. The second-order valence-corrected chi connectivity index (χ2v) is 19.4. The van der Waals surface area contributed by atoms with E-state index >= 15 is 0 Å². The lowest BCUT2D eigenvalue weighted by Crippen LogP contribution is -2.58. The maximum Gasteiger partial charge on any atom is 0.321 e. The van der Waals surface area contributed by atoms with Crippen LogP contribution in [0.4, 0.5) is 4.39 Å². The molecule has 13 heteroatoms. The van der Waals surface area contributed by atoms with Crippen molar-refractivity contribution in [2.75, 3.05) is 26.2 Å². The van der Waals surface area contributed by atoms with E-state index in [4.69, 9.17) is 20.4 Å². The molecule has 4 N–H and O–H groups in total. The molecule has 0 bridgehead atoms. The number of rotatable bonds is 4. The van der Waals surface area contributed by atoms with Gasteiger partial charge in [0.25, 0.3) is 0 Å². The van der Waals surface area contributed by atoms with Gasteiger partial charge in [-0.2, -0.15) is 0 Å². The van der Waals surface area contributed by atoms with Crippen molar-refractivity contribution in [2.24, 2.45) is 0 Å². The van der Waals surface area contributed by atoms with Crippen LogP contribution >= 0.6 is 0 Å². The second-order valence-electron chi connectivity index (χ2n) is 19.4. The molecule has 4 fully saturated rings. The number of hydrogen-bond donors (Lipinski definition) is 4. The standard InChI is InChI=1S/C11H20FNO2.2C10H19NO2.C9H17NO2.CH4/c1-10(2,3)13-6-5-11(4,12)7-8(13)9(14)15;2*1-10(2,3)11-7-5-4-6-8(11)9(12)13;1-9(2,3)10-6-4-5-7(10)8(11)12;/h8H,5-7H2,1-4H3,(H,14,15);2*8H,4-7H2,1-3H3,(H,12,13);7H,4-6H2,1-3H3,(H,11,12);1H4. The highest BCUT2D eigenvalue weighted by molar-refractivity contribution is 5.75. The van der Waals surface area contributed by atoms with E-state index in [-0.39, 0.29) is 54.1 Å². The first-order valence-corrected chi connectivity index (χ1v) is 19.6. The summed E-state index contributed by atoms with van der Waals surface area (Å²) in [5.41, 5.74) is -1.63. The fraction of sp³-hybridized carbons (Fsp3) is 0.902. The van der Waals surface area contributed by atoms with Gasteiger partial charge < -0.3 is 20.4 Å². The van der Waals surface area contributed by atoms with Gasteiger partial charge in [0.15, 0.2) is 0 Å². The van der Waals surface area contributed by atoms with Crippen LogP contribution in [0.3, 0.4) is 0 Å². The summed E-state index contributed by atoms with van der Waals surface area (Å²) in [4.78, 5) is 52.0. The van der Waals surface area contributed by atoms with Crippen LogP contribution in [0.25, 0.3) is 0 Å². The van der Waals surface area contributed by atoms with E-state index in [0.717, 1.165) is 71.0 Å². The number of hydrogen-bond acceptors (Lipinski definition) is 8. The molecule has 12 nitrogen and oxygen atoms in total. The number of carboxylic acids is 4. The predicted octanol–water partition coefficient (Wildman–Crippen LogP) is 7.48. The maximum absolute atomic E-state index is 13.8. The predicted molar refractivity (Wildman–Crippen MR) is 214 cm³/mol. The Morgan fingerprint density at radius 2 is 0.741 bits per heavy atom. The third-order valence-corrected chi connectivity index (χ3v) is 10.7. The highest BCUT2D eigenvalue weighted by Crippen LogP contribution is 2.34. The lowest BCUT2D eigenvalue weighted by molar-refractivity contribution is -0.151. The molecule has 5 unspecified atom stereocenters. The number of carbonyl (C=O) groups is 4. The van der Waals surface area contributed by atoms with Crippen LogP contribution < -0.4 is 0 Å². The molecule has 318 valence electrons. The Kier molecular flexibility index (Phi) is 19.8. The van der Waals surface area contributed by atoms with Gasteiger partial charge in [-0.3, -0.25) is 38.8 Å². The molecular weight excluding hydrogens is 695 g/mol. The minimum absolute atomic E-state index is 0. The molecule has 0 saturated carbocycles. The summed E-state index contributed by atoms with van der Waals surface area (Å²) < 4.78 is 13.8. The normalized spacial score (nSPS) is 27.7. The summed E-state index contributed by atoms with van der Waals surface area (Å²) in [7, 11) is 0. The lowest BCUT2D eigenvalue weighted by atomic mass is 9.86. The van der Waals surface area contributed by atoms with Gasteiger partial charge in [0.2, 0.25) is 0 Å². The van der Waals surface area contributed by atoms with Crippen LogP contribution in [-0.2, 0) is 19.2 Å². The zero-order valence-electron chi connectivity index (χ0n) is 35.3. The third kappa shape index (κ3) is 16.4. The zero-order valence-corrected chi connectivity index (χ0v) is 35.3. The van der Waals surface area contributed by atoms with Crippen molar-refractivity contribution in [1.29, 1.82) is 0 Å². The van der Waals surface area contributed by atoms with Crippen molar-refractivity contribution in [3.63, 3.8) is 0 Å². The number of nitrogens with zero attached hydrogens (tertiary/aromatic N) is 4. The minimum Gasteiger partial charge on any atom is -0.480 e. The van der Waals surface area contributed by atoms with Crippen molar-refractivity contribution in [3.05, 3.63) is 0 Å². The monoisotopic (exact) mass is 775 g/mol. The molecule has 4 saturated heterocycles. The van der Waals surface area contributed by atoms with Gasteiger partial charge in [-0.05, 0) is 155 Å². The average Bonchev–Trinajstić information content (AvgIpc) is 3.52. The van der Waals surface area contributed by atoms with E-state index in [0.29, 0.717) is 13.0 Å². The maximum atomic E-state index is 13.8. The van der Waals surface area contributed by atoms with Crippen molar-refractivity contribution in [3.8, 4) is 0 Å². The van der Waals surface area contributed by atoms with Crippen molar-refractivity contribution < 1.29 is 44.0 Å². The molecule has 0 aromatic carbocycles. The first-order chi connectivity index (χ1) is 23.9. The van der Waals surface area contributed by atoms with Crippen molar-refractivity contribution >= 4 is 23.9 Å². The second kappa shape index (κ2) is 20.7. The van der Waals surface area contributed by atoms with Crippen molar-refractivity contribution in [2.45, 2.75) is 214 Å². The molecule has 4 aliphatic rings. The number of alkyl halides is 1. The molecule has 0 aromatic heterocycles. The average molecular weight is 775 g/mol. The Morgan fingerprint density at radius 1 is 0.481 bits per heavy atom. The van der Waals surface area contributed by atoms with E-state index < -0.39 is 35.6 Å². The SMILES string of the molecule is C.CC(C)(C)N1CCCC1C(=O)O.CC(C)(C)N1CCCCC1C(=O)O.CC(C)(C)N1CCCCC1C(=O)O.CC1(F)CCN(C(C)(C)C)C(C(=O)O)C1. The molecule has 0 aliphatic carbocycles. The summed E-state index contributed by atoms with van der Waals surface area (Å²) in [5.74, 6) is -2.94. The molecule has 4 heterocycles. The highest BCUT2D eigenvalue weighted by Gasteiger charge is 2.44. The van der Waals surface area contributed by atoms with E-state index in [2.05, 4.69) is 77.0 Å². The van der Waals surface area contributed by atoms with Gasteiger partial charge >= 0.3 is 23.9 Å². The molecule has 5 atom stereocenters. The van der Waals surface area contributed by atoms with E-state index in [9.17, 15) is 23.6 Å². The molecule has 4 rings (SSSR count). The Bertz CT molecular complexity index is 1160. The Morgan fingerprint density at radius 3 is 1.00 bits per heavy atom. The molecule has 0 radical (unpaired) electrons. The number of carboxylic acid groups (broad SMARTS) is 4. The number of likely N-dealkylation sites (tertiary alicyclic amines) is 4. The van der Waals surface area contributed by atoms with E-state index in [1.165, 1.54) is 6.92 Å². The van der Waals surface area contributed by atoms with Crippen LogP contribution in [0.2, 0.25) is 0 Å². The molecule has 4 aliphatic heterocycles. The van der Waals surface area contributed by atoms with Crippen LogP contribution in [0, 0.1) is 0 Å². The Hall–Kier alpha value is -2.35. The van der Waals surface area contributed by atoms with Crippen LogP contribution in [-0.4, -0.2) is 142 Å². The Balaban J connectivity index is 0.000000691. The summed E-state index contributed by atoms with van der Waals surface area (Å²) in [6.07, 6.45) is 8.24. The Labute approximate surface area is 326 Å². The number of aliphatic carboxylic acids is 4. The van der Waals surface area contributed by atoms with Gasteiger partial charge in [0, 0.05) is 35.1 Å². The summed E-state index contributed by atoms with van der Waals surface area (Å²) >= 11 is 0. The van der Waals surface area contributed by atoms with Crippen LogP contribution in [0.5, 0.6) is 0 Å². The molecule has 0 spiro atoms. The molecule has 0 aromatic rings. The first kappa shape index (κ1) is 51.6. The summed E-state index contributed by atoms with van der Waals surface area (Å²) in [6.45, 7) is 29.3. The number of piperidine rings is 3. The highest BCUT2D eigenvalue weighted by atomic mass is 19.1. The van der Waals surface area contributed by atoms with Gasteiger partial charge in [0.05, 0.1) is 0 Å². The van der Waals surface area contributed by atoms with Gasteiger partial charge in [-0.15, -0.1) is 0 Å². The zero-order chi connectivity index (χ0) is 41.3. The van der Waals surface area contributed by atoms with Crippen LogP contribution in [0.1, 0.15) is 162 Å². The van der Waals surface area contributed by atoms with E-state index in [1.54, 1.807) is 0 Å². The quantitative estimate of drug-likeness (QED) is 0.223. The van der Waals surface area contributed by atoms with Crippen LogP contribution in [0.15, 0.2) is 0 Å². The van der Waals surface area contributed by atoms with E-state index in [1.807, 2.05) is 25.7 Å². The van der Waals surface area contributed by atoms with Gasteiger partial charge in [-0.25, -0.2) is 4.39 Å².